The maximum atomic E-state index is 12.6. The van der Waals surface area contributed by atoms with Crippen LogP contribution in [0, 0.1) is 0 Å². The summed E-state index contributed by atoms with van der Waals surface area (Å²) in [5, 5.41) is 3.11. The second kappa shape index (κ2) is 8.65. The third-order valence-electron chi connectivity index (χ3n) is 5.17. The van der Waals surface area contributed by atoms with E-state index in [9.17, 15) is 4.79 Å². The van der Waals surface area contributed by atoms with Crippen LogP contribution < -0.4 is 15.0 Å². The number of ether oxygens (including phenoxy) is 1. The fourth-order valence-electron chi connectivity index (χ4n) is 3.68. The number of nitrogens with zero attached hydrogens (tertiary/aromatic N) is 2. The molecule has 0 unspecified atom stereocenters. The van der Waals surface area contributed by atoms with Crippen LogP contribution in [0.4, 0.5) is 11.4 Å². The van der Waals surface area contributed by atoms with Crippen LogP contribution in [-0.2, 0) is 10.2 Å². The molecule has 5 nitrogen and oxygen atoms in total. The maximum absolute atomic E-state index is 12.6. The van der Waals surface area contributed by atoms with E-state index in [2.05, 4.69) is 48.0 Å². The first-order valence-electron chi connectivity index (χ1n) is 9.88. The fourth-order valence-corrected chi connectivity index (χ4v) is 3.68. The normalized spacial score (nSPS) is 15.4. The van der Waals surface area contributed by atoms with Crippen LogP contribution in [0.25, 0.3) is 0 Å². The predicted molar refractivity (Wildman–Crippen MR) is 115 cm³/mol. The third-order valence-corrected chi connectivity index (χ3v) is 5.17. The number of amides is 1. The van der Waals surface area contributed by atoms with E-state index < -0.39 is 0 Å². The highest BCUT2D eigenvalue weighted by Crippen LogP contribution is 2.30. The predicted octanol–water partition coefficient (Wildman–Crippen LogP) is 3.75. The zero-order valence-electron chi connectivity index (χ0n) is 17.4. The molecule has 0 atom stereocenters. The summed E-state index contributed by atoms with van der Waals surface area (Å²) in [7, 11) is 1.70. The van der Waals surface area contributed by atoms with Crippen LogP contribution >= 0.6 is 0 Å². The number of anilines is 2. The summed E-state index contributed by atoms with van der Waals surface area (Å²) in [6.07, 6.45) is 0. The average Bonchev–Trinajstić information content (AvgIpc) is 2.68. The smallest absolute Gasteiger partial charge is 0.238 e. The zero-order valence-corrected chi connectivity index (χ0v) is 17.4. The Balaban J connectivity index is 1.56. The van der Waals surface area contributed by atoms with Crippen LogP contribution in [-0.4, -0.2) is 50.6 Å². The number of benzene rings is 2. The van der Waals surface area contributed by atoms with Crippen molar-refractivity contribution in [1.29, 1.82) is 0 Å². The molecule has 1 aliphatic heterocycles. The van der Waals surface area contributed by atoms with Gasteiger partial charge >= 0.3 is 0 Å². The van der Waals surface area contributed by atoms with Gasteiger partial charge in [-0.2, -0.15) is 0 Å². The summed E-state index contributed by atoms with van der Waals surface area (Å²) < 4.78 is 5.48. The molecule has 2 aromatic rings. The lowest BCUT2D eigenvalue weighted by atomic mass is 9.86. The quantitative estimate of drug-likeness (QED) is 0.857. The minimum atomic E-state index is -0.00968. The Morgan fingerprint density at radius 1 is 1.00 bits per heavy atom. The second-order valence-electron chi connectivity index (χ2n) is 8.28. The van der Waals surface area contributed by atoms with Crippen LogP contribution in [0.1, 0.15) is 26.3 Å². The van der Waals surface area contributed by atoms with E-state index in [1.165, 1.54) is 0 Å². The minimum Gasteiger partial charge on any atom is -0.495 e. The van der Waals surface area contributed by atoms with Crippen molar-refractivity contribution in [3.05, 3.63) is 54.1 Å². The summed E-state index contributed by atoms with van der Waals surface area (Å²) >= 11 is 0. The standard InChI is InChI=1S/C23H31N3O2/c1-23(2,3)18-9-5-6-10-19(18)24-22(27)17-25-13-15-26(16-14-25)20-11-7-8-12-21(20)28-4/h5-12H,13-17H2,1-4H3,(H,24,27). The SMILES string of the molecule is COc1ccccc1N1CCN(CC(=O)Nc2ccccc2C(C)(C)C)CC1. The number of hydrogen-bond acceptors (Lipinski definition) is 4. The lowest BCUT2D eigenvalue weighted by Gasteiger charge is -2.36. The van der Waals surface area contributed by atoms with Gasteiger partial charge < -0.3 is 15.0 Å². The van der Waals surface area contributed by atoms with Crippen molar-refractivity contribution in [3.63, 3.8) is 0 Å². The Morgan fingerprint density at radius 3 is 2.32 bits per heavy atom. The van der Waals surface area contributed by atoms with E-state index in [4.69, 9.17) is 4.74 Å². The Bertz CT molecular complexity index is 805. The highest BCUT2D eigenvalue weighted by molar-refractivity contribution is 5.93. The number of carbonyl (C=O) groups excluding carboxylic acids is 1. The van der Waals surface area contributed by atoms with Gasteiger partial charge in [-0.25, -0.2) is 0 Å². The zero-order chi connectivity index (χ0) is 20.1. The lowest BCUT2D eigenvalue weighted by Crippen LogP contribution is -2.48. The molecule has 1 fully saturated rings. The molecular weight excluding hydrogens is 350 g/mol. The van der Waals surface area contributed by atoms with E-state index in [0.717, 1.165) is 48.9 Å². The van der Waals surface area contributed by atoms with Gasteiger partial charge in [0, 0.05) is 31.9 Å². The average molecular weight is 382 g/mol. The van der Waals surface area contributed by atoms with E-state index in [0.29, 0.717) is 6.54 Å². The Labute approximate surface area is 168 Å². The molecule has 1 heterocycles. The maximum Gasteiger partial charge on any atom is 0.238 e. The van der Waals surface area contributed by atoms with Gasteiger partial charge in [-0.1, -0.05) is 51.1 Å². The van der Waals surface area contributed by atoms with Crippen molar-refractivity contribution < 1.29 is 9.53 Å². The topological polar surface area (TPSA) is 44.8 Å². The van der Waals surface area contributed by atoms with Crippen LogP contribution in [0.2, 0.25) is 0 Å². The monoisotopic (exact) mass is 381 g/mol. The van der Waals surface area contributed by atoms with Gasteiger partial charge in [0.15, 0.2) is 0 Å². The molecule has 0 saturated carbocycles. The van der Waals surface area contributed by atoms with Crippen LogP contribution in [0.3, 0.4) is 0 Å². The molecule has 3 rings (SSSR count). The van der Waals surface area contributed by atoms with Gasteiger partial charge in [-0.05, 0) is 29.2 Å². The minimum absolute atomic E-state index is 0.00968. The summed E-state index contributed by atoms with van der Waals surface area (Å²) in [6.45, 7) is 10.4. The molecule has 1 amide bonds. The molecule has 0 bridgehead atoms. The summed E-state index contributed by atoms with van der Waals surface area (Å²) in [4.78, 5) is 17.2. The van der Waals surface area contributed by atoms with Crippen molar-refractivity contribution in [2.24, 2.45) is 0 Å². The lowest BCUT2D eigenvalue weighted by molar-refractivity contribution is -0.117. The van der Waals surface area contributed by atoms with Gasteiger partial charge in [0.1, 0.15) is 5.75 Å². The third kappa shape index (κ3) is 4.84. The molecule has 1 aliphatic rings. The number of carbonyl (C=O) groups is 1. The molecule has 0 aromatic heterocycles. The molecule has 1 saturated heterocycles. The number of rotatable bonds is 5. The first kappa shape index (κ1) is 20.2. The number of nitrogens with one attached hydrogen (secondary N) is 1. The number of piperazine rings is 1. The molecule has 2 aromatic carbocycles. The van der Waals surface area contributed by atoms with Crippen LogP contribution in [0.15, 0.2) is 48.5 Å². The van der Waals surface area contributed by atoms with Gasteiger partial charge in [0.2, 0.25) is 5.91 Å². The number of methoxy groups -OCH3 is 1. The van der Waals surface area contributed by atoms with E-state index >= 15 is 0 Å². The highest BCUT2D eigenvalue weighted by Gasteiger charge is 2.22. The molecule has 5 heteroatoms. The molecule has 0 aliphatic carbocycles. The highest BCUT2D eigenvalue weighted by atomic mass is 16.5. The molecule has 0 radical (unpaired) electrons. The Hall–Kier alpha value is -2.53. The first-order chi connectivity index (χ1) is 13.4. The molecule has 1 N–H and O–H groups in total. The summed E-state index contributed by atoms with van der Waals surface area (Å²) in [5.41, 5.74) is 3.18. The van der Waals surface area contributed by atoms with E-state index in [1.807, 2.05) is 36.4 Å². The van der Waals surface area contributed by atoms with Crippen molar-refractivity contribution >= 4 is 17.3 Å². The van der Waals surface area contributed by atoms with Crippen molar-refractivity contribution in [2.75, 3.05) is 50.1 Å². The molecule has 0 spiro atoms. The van der Waals surface area contributed by atoms with Gasteiger partial charge in [0.05, 0.1) is 19.3 Å². The van der Waals surface area contributed by atoms with Crippen molar-refractivity contribution in [2.45, 2.75) is 26.2 Å². The largest absolute Gasteiger partial charge is 0.495 e. The van der Waals surface area contributed by atoms with Gasteiger partial charge in [0.25, 0.3) is 0 Å². The second-order valence-corrected chi connectivity index (χ2v) is 8.28. The number of para-hydroxylation sites is 3. The van der Waals surface area contributed by atoms with Crippen LogP contribution in [0.5, 0.6) is 5.75 Å². The molecule has 150 valence electrons. The van der Waals surface area contributed by atoms with E-state index in [1.54, 1.807) is 7.11 Å². The van der Waals surface area contributed by atoms with Crippen molar-refractivity contribution in [1.82, 2.24) is 4.90 Å². The van der Waals surface area contributed by atoms with E-state index in [-0.39, 0.29) is 11.3 Å². The molecular formula is C23H31N3O2. The van der Waals surface area contributed by atoms with Gasteiger partial charge in [-0.3, -0.25) is 9.69 Å². The summed E-state index contributed by atoms with van der Waals surface area (Å²) in [5.74, 6) is 0.940. The number of hydrogen-bond donors (Lipinski definition) is 1. The summed E-state index contributed by atoms with van der Waals surface area (Å²) in [6, 6.07) is 16.2. The molecule has 28 heavy (non-hydrogen) atoms. The van der Waals surface area contributed by atoms with Gasteiger partial charge in [-0.15, -0.1) is 0 Å². The Kier molecular flexibility index (Phi) is 6.25. The fraction of sp³-hybridized carbons (Fsp3) is 0.435. The van der Waals surface area contributed by atoms with Crippen molar-refractivity contribution in [3.8, 4) is 5.75 Å². The Morgan fingerprint density at radius 2 is 1.64 bits per heavy atom. The first-order valence-corrected chi connectivity index (χ1v) is 9.88.